The smallest absolute Gasteiger partial charge is 0.304 e. The number of rotatable bonds is 12. The number of carbonyl (C=O) groups is 2. The Labute approximate surface area is 218 Å². The van der Waals surface area contributed by atoms with Gasteiger partial charge in [-0.25, -0.2) is 8.70 Å². The van der Waals surface area contributed by atoms with Crippen molar-refractivity contribution in [2.24, 2.45) is 5.92 Å². The Bertz CT molecular complexity index is 1160. The topological polar surface area (TPSA) is 90.0 Å². The lowest BCUT2D eigenvalue weighted by atomic mass is 10.1. The lowest BCUT2D eigenvalue weighted by molar-refractivity contribution is -0.140. The van der Waals surface area contributed by atoms with Crippen LogP contribution in [-0.2, 0) is 26.3 Å². The van der Waals surface area contributed by atoms with Crippen molar-refractivity contribution in [2.75, 3.05) is 31.5 Å². The van der Waals surface area contributed by atoms with Gasteiger partial charge in [0.25, 0.3) is 0 Å². The third-order valence-corrected chi connectivity index (χ3v) is 7.68. The van der Waals surface area contributed by atoms with Crippen molar-refractivity contribution in [3.63, 3.8) is 0 Å². The molecule has 198 valence electrons. The second-order valence-corrected chi connectivity index (χ2v) is 11.4. The molecule has 1 N–H and O–H groups in total. The Hall–Kier alpha value is -2.69. The molecule has 1 unspecified atom stereocenters. The molecule has 2 amide bonds. The van der Waals surface area contributed by atoms with E-state index in [2.05, 4.69) is 5.32 Å². The molecule has 0 saturated carbocycles. The second kappa shape index (κ2) is 13.0. The summed E-state index contributed by atoms with van der Waals surface area (Å²) in [5.74, 6) is -1.63. The molecule has 0 heterocycles. The molecule has 1 atom stereocenters. The van der Waals surface area contributed by atoms with Gasteiger partial charge in [-0.1, -0.05) is 62.7 Å². The first-order valence-electron chi connectivity index (χ1n) is 11.6. The Morgan fingerprint density at radius 2 is 1.67 bits per heavy atom. The van der Waals surface area contributed by atoms with Gasteiger partial charge in [-0.15, -0.1) is 0 Å². The first-order chi connectivity index (χ1) is 16.9. The summed E-state index contributed by atoms with van der Waals surface area (Å²) < 4.78 is 42.5. The molecule has 0 aliphatic carbocycles. The van der Waals surface area contributed by atoms with Gasteiger partial charge in [0.15, 0.2) is 0 Å². The summed E-state index contributed by atoms with van der Waals surface area (Å²) >= 11 is 6.34. The molecule has 0 aliphatic rings. The number of carbonyl (C=O) groups excluding carboxylic acids is 2. The van der Waals surface area contributed by atoms with E-state index in [1.54, 1.807) is 31.2 Å². The molecule has 36 heavy (non-hydrogen) atoms. The van der Waals surface area contributed by atoms with Crippen molar-refractivity contribution in [1.82, 2.24) is 14.5 Å². The van der Waals surface area contributed by atoms with E-state index in [0.717, 1.165) is 10.4 Å². The lowest BCUT2D eigenvalue weighted by Gasteiger charge is -2.34. The first-order valence-corrected chi connectivity index (χ1v) is 13.4. The molecule has 2 aromatic carbocycles. The van der Waals surface area contributed by atoms with Crippen LogP contribution in [0.4, 0.5) is 10.1 Å². The van der Waals surface area contributed by atoms with Gasteiger partial charge >= 0.3 is 10.2 Å². The van der Waals surface area contributed by atoms with E-state index in [-0.39, 0.29) is 30.5 Å². The Morgan fingerprint density at radius 3 is 2.22 bits per heavy atom. The van der Waals surface area contributed by atoms with Gasteiger partial charge in [0.1, 0.15) is 18.4 Å². The SMILES string of the molecule is CCC(C(=O)NCC(C)C)N(Cc1ccccc1Cl)C(=O)CN(c1ccccc1F)S(=O)(=O)N(C)C. The minimum atomic E-state index is -4.25. The van der Waals surface area contributed by atoms with Crippen LogP contribution in [0.15, 0.2) is 48.5 Å². The molecule has 0 aromatic heterocycles. The van der Waals surface area contributed by atoms with Crippen molar-refractivity contribution >= 4 is 39.3 Å². The minimum absolute atomic E-state index is 0.0285. The summed E-state index contributed by atoms with van der Waals surface area (Å²) in [5.41, 5.74) is 0.324. The van der Waals surface area contributed by atoms with E-state index in [4.69, 9.17) is 11.6 Å². The number of hydrogen-bond donors (Lipinski definition) is 1. The highest BCUT2D eigenvalue weighted by atomic mass is 35.5. The van der Waals surface area contributed by atoms with Crippen LogP contribution in [0.1, 0.15) is 32.8 Å². The van der Waals surface area contributed by atoms with Gasteiger partial charge < -0.3 is 10.2 Å². The Kier molecular flexibility index (Phi) is 10.7. The highest BCUT2D eigenvalue weighted by Crippen LogP contribution is 2.25. The van der Waals surface area contributed by atoms with Gasteiger partial charge in [-0.2, -0.15) is 12.7 Å². The number of hydrogen-bond acceptors (Lipinski definition) is 4. The summed E-state index contributed by atoms with van der Waals surface area (Å²) in [5, 5.41) is 3.25. The molecular formula is C25H34ClFN4O4S. The number of amides is 2. The van der Waals surface area contributed by atoms with Crippen LogP contribution < -0.4 is 9.62 Å². The third-order valence-electron chi connectivity index (χ3n) is 5.51. The zero-order valence-electron chi connectivity index (χ0n) is 21.2. The first kappa shape index (κ1) is 29.5. The number of benzene rings is 2. The maximum Gasteiger partial charge on any atom is 0.304 e. The van der Waals surface area contributed by atoms with Gasteiger partial charge in [0.05, 0.1) is 5.69 Å². The number of para-hydroxylation sites is 1. The normalized spacial score (nSPS) is 12.5. The predicted octanol–water partition coefficient (Wildman–Crippen LogP) is 3.67. The van der Waals surface area contributed by atoms with Crippen LogP contribution in [0.25, 0.3) is 0 Å². The highest BCUT2D eigenvalue weighted by molar-refractivity contribution is 7.90. The fourth-order valence-corrected chi connectivity index (χ4v) is 4.77. The average Bonchev–Trinajstić information content (AvgIpc) is 2.82. The molecule has 11 heteroatoms. The summed E-state index contributed by atoms with van der Waals surface area (Å²) in [4.78, 5) is 28.1. The molecule has 8 nitrogen and oxygen atoms in total. The second-order valence-electron chi connectivity index (χ2n) is 8.92. The van der Waals surface area contributed by atoms with Crippen molar-refractivity contribution in [3.05, 3.63) is 64.9 Å². The van der Waals surface area contributed by atoms with Crippen LogP contribution in [0, 0.1) is 11.7 Å². The Balaban J connectivity index is 2.52. The molecule has 2 aromatic rings. The summed E-state index contributed by atoms with van der Waals surface area (Å²) in [6, 6.07) is 11.3. The van der Waals surface area contributed by atoms with Gasteiger partial charge in [0.2, 0.25) is 11.8 Å². The van der Waals surface area contributed by atoms with Gasteiger partial charge in [-0.3, -0.25) is 9.59 Å². The molecule has 0 fully saturated rings. The molecule has 0 saturated heterocycles. The fourth-order valence-electron chi connectivity index (χ4n) is 3.51. The summed E-state index contributed by atoms with van der Waals surface area (Å²) in [6.07, 6.45) is 0.278. The molecule has 0 bridgehead atoms. The molecule has 0 spiro atoms. The van der Waals surface area contributed by atoms with Crippen LogP contribution in [0.2, 0.25) is 5.02 Å². The quantitative estimate of drug-likeness (QED) is 0.445. The minimum Gasteiger partial charge on any atom is -0.354 e. The zero-order chi connectivity index (χ0) is 27.0. The lowest BCUT2D eigenvalue weighted by Crippen LogP contribution is -2.53. The summed E-state index contributed by atoms with van der Waals surface area (Å²) in [6.45, 7) is 5.34. The van der Waals surface area contributed by atoms with Crippen molar-refractivity contribution < 1.29 is 22.4 Å². The van der Waals surface area contributed by atoms with E-state index in [1.807, 2.05) is 13.8 Å². The van der Waals surface area contributed by atoms with Crippen LogP contribution in [0.3, 0.4) is 0 Å². The number of anilines is 1. The third kappa shape index (κ3) is 7.41. The maximum atomic E-state index is 14.7. The van der Waals surface area contributed by atoms with E-state index < -0.39 is 34.5 Å². The Morgan fingerprint density at radius 1 is 1.06 bits per heavy atom. The van der Waals surface area contributed by atoms with Crippen LogP contribution in [0.5, 0.6) is 0 Å². The molecule has 0 aliphatic heterocycles. The molecule has 0 radical (unpaired) electrons. The van der Waals surface area contributed by atoms with E-state index in [0.29, 0.717) is 21.4 Å². The van der Waals surface area contributed by atoms with Gasteiger partial charge in [0, 0.05) is 32.2 Å². The number of halogens is 2. The molecule has 2 rings (SSSR count). The number of nitrogens with one attached hydrogen (secondary N) is 1. The van der Waals surface area contributed by atoms with E-state index >= 15 is 0 Å². The fraction of sp³-hybridized carbons (Fsp3) is 0.440. The summed E-state index contributed by atoms with van der Waals surface area (Å²) in [7, 11) is -1.66. The van der Waals surface area contributed by atoms with Crippen molar-refractivity contribution in [2.45, 2.75) is 39.8 Å². The van der Waals surface area contributed by atoms with E-state index in [1.165, 1.54) is 37.2 Å². The predicted molar refractivity (Wildman–Crippen MR) is 140 cm³/mol. The monoisotopic (exact) mass is 540 g/mol. The van der Waals surface area contributed by atoms with Crippen molar-refractivity contribution in [1.29, 1.82) is 0 Å². The maximum absolute atomic E-state index is 14.7. The highest BCUT2D eigenvalue weighted by Gasteiger charge is 2.34. The largest absolute Gasteiger partial charge is 0.354 e. The van der Waals surface area contributed by atoms with Crippen molar-refractivity contribution in [3.8, 4) is 0 Å². The van der Waals surface area contributed by atoms with E-state index in [9.17, 15) is 22.4 Å². The van der Waals surface area contributed by atoms with Crippen LogP contribution in [-0.4, -0.2) is 62.7 Å². The number of nitrogens with zero attached hydrogens (tertiary/aromatic N) is 3. The standard InChI is InChI=1S/C25H34ClFN4O4S/c1-6-22(25(33)28-15-18(2)3)30(16-19-11-7-8-12-20(19)26)24(32)17-31(36(34,35)29(4)5)23-14-10-9-13-21(23)27/h7-14,18,22H,6,15-17H2,1-5H3,(H,28,33). The zero-order valence-corrected chi connectivity index (χ0v) is 22.8. The van der Waals surface area contributed by atoms with Gasteiger partial charge in [-0.05, 0) is 36.1 Å². The average molecular weight is 541 g/mol. The molecular weight excluding hydrogens is 507 g/mol. The van der Waals surface area contributed by atoms with Crippen LogP contribution >= 0.6 is 11.6 Å².